The molecule has 2 heterocycles. The standard InChI is InChI=1S/C29H26N2O3/c1-2-19-12-14-20(15-13-19)26-25(27(32)21-8-4-3-5-9-21)28(33)29(34)31(26)17-16-22-18-30-24-11-7-6-10-23(22)24/h3-15,18,26,30,32H,2,16-17H2,1H3/b27-25-. The van der Waals surface area contributed by atoms with E-state index in [-0.39, 0.29) is 11.3 Å². The van der Waals surface area contributed by atoms with Gasteiger partial charge in [0.05, 0.1) is 11.6 Å². The third-order valence-corrected chi connectivity index (χ3v) is 6.59. The molecule has 34 heavy (non-hydrogen) atoms. The summed E-state index contributed by atoms with van der Waals surface area (Å²) in [6.07, 6.45) is 3.44. The van der Waals surface area contributed by atoms with E-state index in [1.165, 1.54) is 5.56 Å². The van der Waals surface area contributed by atoms with Crippen LogP contribution in [0, 0.1) is 0 Å². The van der Waals surface area contributed by atoms with Crippen LogP contribution in [0.1, 0.15) is 35.2 Å². The van der Waals surface area contributed by atoms with Gasteiger partial charge in [-0.15, -0.1) is 0 Å². The van der Waals surface area contributed by atoms with Crippen LogP contribution in [0.3, 0.4) is 0 Å². The van der Waals surface area contributed by atoms with Gasteiger partial charge in [-0.05, 0) is 35.6 Å². The number of nitrogens with one attached hydrogen (secondary N) is 1. The number of aliphatic hydroxyl groups is 1. The average molecular weight is 451 g/mol. The van der Waals surface area contributed by atoms with Gasteiger partial charge in [-0.3, -0.25) is 9.59 Å². The molecular formula is C29H26N2O3. The number of hydrogen-bond donors (Lipinski definition) is 2. The molecule has 0 aliphatic carbocycles. The van der Waals surface area contributed by atoms with Crippen molar-refractivity contribution in [2.45, 2.75) is 25.8 Å². The van der Waals surface area contributed by atoms with Crippen LogP contribution in [0.5, 0.6) is 0 Å². The zero-order valence-electron chi connectivity index (χ0n) is 19.0. The highest BCUT2D eigenvalue weighted by Crippen LogP contribution is 2.39. The third kappa shape index (κ3) is 3.79. The molecule has 1 aromatic heterocycles. The number of nitrogens with zero attached hydrogens (tertiary/aromatic N) is 1. The summed E-state index contributed by atoms with van der Waals surface area (Å²) in [4.78, 5) is 31.3. The van der Waals surface area contributed by atoms with Gasteiger partial charge in [0.15, 0.2) is 0 Å². The van der Waals surface area contributed by atoms with Crippen molar-refractivity contribution >= 4 is 28.4 Å². The third-order valence-electron chi connectivity index (χ3n) is 6.59. The van der Waals surface area contributed by atoms with Crippen LogP contribution in [-0.2, 0) is 22.4 Å². The second kappa shape index (κ2) is 9.02. The Balaban J connectivity index is 1.56. The number of rotatable bonds is 6. The van der Waals surface area contributed by atoms with E-state index < -0.39 is 17.7 Å². The van der Waals surface area contributed by atoms with E-state index in [1.807, 2.05) is 60.8 Å². The Morgan fingerprint density at radius 1 is 0.941 bits per heavy atom. The molecule has 5 rings (SSSR count). The number of carbonyl (C=O) groups is 2. The van der Waals surface area contributed by atoms with Crippen molar-refractivity contribution in [2.24, 2.45) is 0 Å². The lowest BCUT2D eigenvalue weighted by molar-refractivity contribution is -0.139. The van der Waals surface area contributed by atoms with Crippen LogP contribution in [-0.4, -0.2) is 33.2 Å². The van der Waals surface area contributed by atoms with Crippen molar-refractivity contribution in [1.82, 2.24) is 9.88 Å². The molecule has 0 bridgehead atoms. The zero-order valence-corrected chi connectivity index (χ0v) is 19.0. The van der Waals surface area contributed by atoms with Crippen molar-refractivity contribution in [1.29, 1.82) is 0 Å². The molecule has 0 radical (unpaired) electrons. The molecule has 1 unspecified atom stereocenters. The smallest absolute Gasteiger partial charge is 0.295 e. The molecule has 0 spiro atoms. The van der Waals surface area contributed by atoms with Crippen LogP contribution in [0.4, 0.5) is 0 Å². The van der Waals surface area contributed by atoms with Gasteiger partial charge in [0, 0.05) is 29.2 Å². The maximum absolute atomic E-state index is 13.2. The number of H-pyrrole nitrogens is 1. The van der Waals surface area contributed by atoms with Crippen molar-refractivity contribution < 1.29 is 14.7 Å². The summed E-state index contributed by atoms with van der Waals surface area (Å²) < 4.78 is 0. The Hall–Kier alpha value is -4.12. The van der Waals surface area contributed by atoms with Crippen LogP contribution < -0.4 is 0 Å². The van der Waals surface area contributed by atoms with Crippen LogP contribution in [0.2, 0.25) is 0 Å². The number of para-hydroxylation sites is 1. The predicted molar refractivity (Wildman–Crippen MR) is 133 cm³/mol. The van der Waals surface area contributed by atoms with E-state index in [4.69, 9.17) is 0 Å². The molecule has 170 valence electrons. The number of likely N-dealkylation sites (tertiary alicyclic amines) is 1. The number of aromatic nitrogens is 1. The molecule has 3 aromatic carbocycles. The fraction of sp³-hybridized carbons (Fsp3) is 0.172. The van der Waals surface area contributed by atoms with E-state index in [9.17, 15) is 14.7 Å². The molecule has 1 aliphatic heterocycles. The summed E-state index contributed by atoms with van der Waals surface area (Å²) in [6.45, 7) is 2.44. The number of aliphatic hydroxyl groups excluding tert-OH is 1. The first-order valence-electron chi connectivity index (χ1n) is 11.6. The Labute approximate surface area is 198 Å². The second-order valence-corrected chi connectivity index (χ2v) is 8.56. The van der Waals surface area contributed by atoms with E-state index in [0.717, 1.165) is 28.5 Å². The van der Waals surface area contributed by atoms with E-state index >= 15 is 0 Å². The first kappa shape index (κ1) is 21.7. The minimum absolute atomic E-state index is 0.138. The van der Waals surface area contributed by atoms with Crippen molar-refractivity contribution in [3.63, 3.8) is 0 Å². The Kier molecular flexibility index (Phi) is 5.76. The lowest BCUT2D eigenvalue weighted by atomic mass is 9.94. The largest absolute Gasteiger partial charge is 0.507 e. The van der Waals surface area contributed by atoms with E-state index in [2.05, 4.69) is 11.9 Å². The lowest BCUT2D eigenvalue weighted by Crippen LogP contribution is -2.31. The van der Waals surface area contributed by atoms with Crippen LogP contribution in [0.25, 0.3) is 16.7 Å². The fourth-order valence-corrected chi connectivity index (χ4v) is 4.72. The molecule has 4 aromatic rings. The Morgan fingerprint density at radius 2 is 1.65 bits per heavy atom. The molecule has 1 atom stereocenters. The maximum atomic E-state index is 13.2. The minimum atomic E-state index is -0.648. The number of aryl methyl sites for hydroxylation is 1. The van der Waals surface area contributed by atoms with Gasteiger partial charge in [0.25, 0.3) is 11.7 Å². The highest BCUT2D eigenvalue weighted by molar-refractivity contribution is 6.46. The lowest BCUT2D eigenvalue weighted by Gasteiger charge is -2.25. The number of amides is 1. The highest BCUT2D eigenvalue weighted by atomic mass is 16.3. The number of benzene rings is 3. The van der Waals surface area contributed by atoms with E-state index in [0.29, 0.717) is 18.5 Å². The molecular weight excluding hydrogens is 424 g/mol. The van der Waals surface area contributed by atoms with Crippen molar-refractivity contribution in [2.75, 3.05) is 6.54 Å². The zero-order chi connectivity index (χ0) is 23.7. The van der Waals surface area contributed by atoms with Crippen molar-refractivity contribution in [3.8, 4) is 0 Å². The molecule has 5 heteroatoms. The second-order valence-electron chi connectivity index (χ2n) is 8.56. The molecule has 1 saturated heterocycles. The number of fused-ring (bicyclic) bond motifs is 1. The van der Waals surface area contributed by atoms with Gasteiger partial charge in [0.1, 0.15) is 5.76 Å². The number of hydrogen-bond acceptors (Lipinski definition) is 3. The first-order valence-corrected chi connectivity index (χ1v) is 11.6. The normalized spacial score (nSPS) is 17.6. The average Bonchev–Trinajstić information content (AvgIpc) is 3.41. The van der Waals surface area contributed by atoms with E-state index in [1.54, 1.807) is 29.2 Å². The quantitative estimate of drug-likeness (QED) is 0.235. The van der Waals surface area contributed by atoms with Crippen molar-refractivity contribution in [3.05, 3.63) is 113 Å². The monoisotopic (exact) mass is 450 g/mol. The topological polar surface area (TPSA) is 73.4 Å². The molecule has 1 amide bonds. The van der Waals surface area contributed by atoms with Crippen LogP contribution >= 0.6 is 0 Å². The summed E-state index contributed by atoms with van der Waals surface area (Å²) in [7, 11) is 0. The maximum Gasteiger partial charge on any atom is 0.295 e. The molecule has 2 N–H and O–H groups in total. The first-order chi connectivity index (χ1) is 16.6. The van der Waals surface area contributed by atoms with Gasteiger partial charge in [-0.25, -0.2) is 0 Å². The highest BCUT2D eigenvalue weighted by Gasteiger charge is 2.45. The summed E-state index contributed by atoms with van der Waals surface area (Å²) in [6, 6.07) is 24.2. The fourth-order valence-electron chi connectivity index (χ4n) is 4.72. The van der Waals surface area contributed by atoms with Gasteiger partial charge in [0.2, 0.25) is 0 Å². The minimum Gasteiger partial charge on any atom is -0.507 e. The molecule has 1 fully saturated rings. The number of ketones is 1. The van der Waals surface area contributed by atoms with Gasteiger partial charge in [-0.1, -0.05) is 79.7 Å². The molecule has 5 nitrogen and oxygen atoms in total. The summed E-state index contributed by atoms with van der Waals surface area (Å²) in [5.41, 5.74) is 4.76. The summed E-state index contributed by atoms with van der Waals surface area (Å²) >= 11 is 0. The SMILES string of the molecule is CCc1ccc(C2/C(=C(/O)c3ccccc3)C(=O)C(=O)N2CCc2c[nH]c3ccccc23)cc1. The number of aromatic amines is 1. The summed E-state index contributed by atoms with van der Waals surface area (Å²) in [5.74, 6) is -1.37. The molecule has 1 aliphatic rings. The predicted octanol–water partition coefficient (Wildman–Crippen LogP) is 5.39. The van der Waals surface area contributed by atoms with Crippen LogP contribution in [0.15, 0.2) is 90.6 Å². The Bertz CT molecular complexity index is 1380. The molecule has 0 saturated carbocycles. The summed E-state index contributed by atoms with van der Waals surface area (Å²) in [5, 5.41) is 12.2. The van der Waals surface area contributed by atoms with Gasteiger partial charge in [-0.2, -0.15) is 0 Å². The number of carbonyl (C=O) groups excluding carboxylic acids is 2. The van der Waals surface area contributed by atoms with Gasteiger partial charge >= 0.3 is 0 Å². The number of Topliss-reactive ketones (excluding diaryl/α,β-unsaturated/α-hetero) is 1. The Morgan fingerprint density at radius 3 is 2.38 bits per heavy atom. The van der Waals surface area contributed by atoms with Gasteiger partial charge < -0.3 is 15.0 Å².